The quantitative estimate of drug-likeness (QED) is 0.588. The number of allylic oxidation sites excluding steroid dienone is 7. The molecule has 1 aliphatic carbocycles. The molecule has 0 fully saturated rings. The van der Waals surface area contributed by atoms with Crippen LogP contribution in [0.5, 0.6) is 0 Å². The predicted molar refractivity (Wildman–Crippen MR) is 76.3 cm³/mol. The molecule has 0 spiro atoms. The van der Waals surface area contributed by atoms with Gasteiger partial charge in [0.25, 0.3) is 0 Å². The Morgan fingerprint density at radius 3 is 2.92 bits per heavy atom. The molecule has 0 bridgehead atoms. The van der Waals surface area contributed by atoms with Crippen LogP contribution >= 0.6 is 45.2 Å². The zero-order chi connectivity index (χ0) is 9.68. The second-order valence-corrected chi connectivity index (χ2v) is 4.86. The summed E-state index contributed by atoms with van der Waals surface area (Å²) < 4.78 is 3.45. The Kier molecular flexibility index (Phi) is 5.31. The number of rotatable bonds is 2. The third kappa shape index (κ3) is 3.58. The van der Waals surface area contributed by atoms with Gasteiger partial charge in [-0.3, -0.25) is 0 Å². The Bertz CT molecular complexity index is 282. The third-order valence-electron chi connectivity index (χ3n) is 1.96. The molecule has 0 saturated carbocycles. The summed E-state index contributed by atoms with van der Waals surface area (Å²) in [6.07, 6.45) is 12.2. The van der Waals surface area contributed by atoms with Crippen molar-refractivity contribution in [2.45, 2.75) is 13.3 Å². The summed E-state index contributed by atoms with van der Waals surface area (Å²) in [6, 6.07) is 0. The molecule has 0 heterocycles. The lowest BCUT2D eigenvalue weighted by Gasteiger charge is -2.16. The second-order valence-electron chi connectivity index (χ2n) is 2.89. The van der Waals surface area contributed by atoms with Crippen molar-refractivity contribution in [1.29, 1.82) is 0 Å². The van der Waals surface area contributed by atoms with E-state index in [1.54, 1.807) is 0 Å². The van der Waals surface area contributed by atoms with E-state index in [0.717, 1.165) is 6.42 Å². The SMILES string of the molecule is C/C=C\C1=CC(I)=CCC1/C=C/I. The van der Waals surface area contributed by atoms with Crippen molar-refractivity contribution in [2.24, 2.45) is 5.92 Å². The summed E-state index contributed by atoms with van der Waals surface area (Å²) in [5.74, 6) is 0.576. The van der Waals surface area contributed by atoms with Crippen LogP contribution in [0.15, 0.2) is 43.6 Å². The second kappa shape index (κ2) is 6.01. The number of hydrogen-bond donors (Lipinski definition) is 0. The first-order valence-corrected chi connectivity index (χ1v) is 6.57. The van der Waals surface area contributed by atoms with Crippen molar-refractivity contribution >= 4 is 45.2 Å². The number of halogens is 2. The van der Waals surface area contributed by atoms with Crippen molar-refractivity contribution in [1.82, 2.24) is 0 Å². The van der Waals surface area contributed by atoms with Crippen LogP contribution in [0, 0.1) is 5.92 Å². The first kappa shape index (κ1) is 11.5. The van der Waals surface area contributed by atoms with Gasteiger partial charge in [-0.1, -0.05) is 46.9 Å². The molecule has 1 rings (SSSR count). The van der Waals surface area contributed by atoms with Gasteiger partial charge < -0.3 is 0 Å². The maximum atomic E-state index is 2.37. The molecule has 0 aromatic rings. The molecular weight excluding hydrogens is 386 g/mol. The van der Waals surface area contributed by atoms with Crippen LogP contribution in [0.2, 0.25) is 0 Å². The van der Waals surface area contributed by atoms with Crippen molar-refractivity contribution in [3.8, 4) is 0 Å². The molecule has 13 heavy (non-hydrogen) atoms. The van der Waals surface area contributed by atoms with Crippen LogP contribution in [0.4, 0.5) is 0 Å². The van der Waals surface area contributed by atoms with Crippen LogP contribution < -0.4 is 0 Å². The fourth-order valence-electron chi connectivity index (χ4n) is 1.34. The first-order valence-electron chi connectivity index (χ1n) is 4.24. The average molecular weight is 398 g/mol. The van der Waals surface area contributed by atoms with E-state index in [0.29, 0.717) is 5.92 Å². The molecule has 2 heteroatoms. The van der Waals surface area contributed by atoms with Gasteiger partial charge in [0.1, 0.15) is 0 Å². The van der Waals surface area contributed by atoms with Crippen LogP contribution in [0.1, 0.15) is 13.3 Å². The first-order chi connectivity index (χ1) is 6.27. The molecule has 0 nitrogen and oxygen atoms in total. The highest BCUT2D eigenvalue weighted by Gasteiger charge is 2.11. The van der Waals surface area contributed by atoms with E-state index in [1.165, 1.54) is 9.15 Å². The molecule has 0 aromatic heterocycles. The van der Waals surface area contributed by atoms with Crippen molar-refractivity contribution in [2.75, 3.05) is 0 Å². The zero-order valence-electron chi connectivity index (χ0n) is 7.50. The summed E-state index contributed by atoms with van der Waals surface area (Å²) >= 11 is 4.65. The Morgan fingerprint density at radius 1 is 1.54 bits per heavy atom. The van der Waals surface area contributed by atoms with Gasteiger partial charge in [0.05, 0.1) is 0 Å². The molecule has 0 N–H and O–H groups in total. The lowest BCUT2D eigenvalue weighted by Crippen LogP contribution is -2.01. The van der Waals surface area contributed by atoms with Crippen LogP contribution in [0.25, 0.3) is 0 Å². The van der Waals surface area contributed by atoms with E-state index in [-0.39, 0.29) is 0 Å². The molecule has 0 saturated heterocycles. The smallest absolute Gasteiger partial charge is 0.00932 e. The van der Waals surface area contributed by atoms with E-state index in [1.807, 2.05) is 0 Å². The lowest BCUT2D eigenvalue weighted by atomic mass is 9.91. The van der Waals surface area contributed by atoms with Gasteiger partial charge in [-0.25, -0.2) is 0 Å². The summed E-state index contributed by atoms with van der Waals surface area (Å²) in [5, 5.41) is 0. The minimum atomic E-state index is 0.576. The zero-order valence-corrected chi connectivity index (χ0v) is 11.8. The summed E-state index contributed by atoms with van der Waals surface area (Å²) in [4.78, 5) is 0. The normalized spacial score (nSPS) is 23.8. The summed E-state index contributed by atoms with van der Waals surface area (Å²) in [6.45, 7) is 2.07. The minimum absolute atomic E-state index is 0.576. The van der Waals surface area contributed by atoms with E-state index >= 15 is 0 Å². The highest BCUT2D eigenvalue weighted by Crippen LogP contribution is 2.29. The maximum Gasteiger partial charge on any atom is 0.00932 e. The van der Waals surface area contributed by atoms with E-state index in [9.17, 15) is 0 Å². The largest absolute Gasteiger partial charge is 0.0874 e. The van der Waals surface area contributed by atoms with Gasteiger partial charge in [-0.05, 0) is 51.7 Å². The summed E-state index contributed by atoms with van der Waals surface area (Å²) in [7, 11) is 0. The molecule has 1 aliphatic rings. The van der Waals surface area contributed by atoms with Gasteiger partial charge in [0.15, 0.2) is 0 Å². The summed E-state index contributed by atoms with van der Waals surface area (Å²) in [5.41, 5.74) is 1.42. The molecule has 0 amide bonds. The van der Waals surface area contributed by atoms with Gasteiger partial charge in [-0.15, -0.1) is 0 Å². The molecule has 70 valence electrons. The standard InChI is InChI=1S/C11H12I2/c1-2-3-10-8-11(13)5-4-9(10)6-7-12/h2-3,5-9H,4H2,1H3/b3-2-,7-6+. The van der Waals surface area contributed by atoms with E-state index < -0.39 is 0 Å². The highest BCUT2D eigenvalue weighted by molar-refractivity contribution is 14.1. The Hall–Kier alpha value is 0.420. The van der Waals surface area contributed by atoms with E-state index in [4.69, 9.17) is 0 Å². The van der Waals surface area contributed by atoms with Gasteiger partial charge in [0.2, 0.25) is 0 Å². The van der Waals surface area contributed by atoms with E-state index in [2.05, 4.69) is 86.6 Å². The fourth-order valence-corrected chi connectivity index (χ4v) is 2.46. The molecule has 0 aromatic carbocycles. The van der Waals surface area contributed by atoms with Gasteiger partial charge >= 0.3 is 0 Å². The topological polar surface area (TPSA) is 0 Å². The molecular formula is C11H12I2. The monoisotopic (exact) mass is 398 g/mol. The van der Waals surface area contributed by atoms with Crippen molar-refractivity contribution in [3.05, 3.63) is 43.6 Å². The average Bonchev–Trinajstić information content (AvgIpc) is 2.10. The maximum absolute atomic E-state index is 2.37. The molecule has 0 aliphatic heterocycles. The highest BCUT2D eigenvalue weighted by atomic mass is 127. The van der Waals surface area contributed by atoms with Crippen molar-refractivity contribution < 1.29 is 0 Å². The van der Waals surface area contributed by atoms with Crippen LogP contribution in [-0.2, 0) is 0 Å². The van der Waals surface area contributed by atoms with Crippen LogP contribution in [0.3, 0.4) is 0 Å². The molecule has 1 unspecified atom stereocenters. The van der Waals surface area contributed by atoms with Gasteiger partial charge in [-0.2, -0.15) is 0 Å². The fraction of sp³-hybridized carbons (Fsp3) is 0.273. The Labute approximate surface area is 107 Å². The van der Waals surface area contributed by atoms with Gasteiger partial charge in [0, 0.05) is 9.50 Å². The Morgan fingerprint density at radius 2 is 2.31 bits per heavy atom. The molecule has 1 atom stereocenters. The predicted octanol–water partition coefficient (Wildman–Crippen LogP) is 4.78. The minimum Gasteiger partial charge on any atom is -0.0874 e. The Balaban J connectivity index is 2.86. The lowest BCUT2D eigenvalue weighted by molar-refractivity contribution is 0.786. The third-order valence-corrected chi connectivity index (χ3v) is 3.13. The number of hydrogen-bond acceptors (Lipinski definition) is 0. The molecule has 0 radical (unpaired) electrons. The van der Waals surface area contributed by atoms with Crippen molar-refractivity contribution in [3.63, 3.8) is 0 Å². The van der Waals surface area contributed by atoms with Crippen LogP contribution in [-0.4, -0.2) is 0 Å².